The summed E-state index contributed by atoms with van der Waals surface area (Å²) >= 11 is 1.54. The van der Waals surface area contributed by atoms with Gasteiger partial charge < -0.3 is 10.6 Å². The molecule has 0 aliphatic heterocycles. The van der Waals surface area contributed by atoms with Crippen molar-refractivity contribution in [2.75, 3.05) is 10.6 Å². The molecule has 0 saturated heterocycles. The Morgan fingerprint density at radius 1 is 1.04 bits per heavy atom. The van der Waals surface area contributed by atoms with Crippen LogP contribution in [0, 0.1) is 5.82 Å². The molecule has 122 valence electrons. The Kier molecular flexibility index (Phi) is 5.12. The number of carbonyl (C=O) groups is 1. The highest BCUT2D eigenvalue weighted by atomic mass is 32.1. The molecule has 0 bridgehead atoms. The van der Waals surface area contributed by atoms with Gasteiger partial charge in [-0.1, -0.05) is 18.2 Å². The molecule has 0 aliphatic carbocycles. The van der Waals surface area contributed by atoms with Crippen LogP contribution < -0.4 is 10.6 Å². The van der Waals surface area contributed by atoms with Gasteiger partial charge in [0.1, 0.15) is 11.6 Å². The Bertz CT molecular complexity index is 788. The van der Waals surface area contributed by atoms with Crippen LogP contribution in [0.4, 0.5) is 16.0 Å². The van der Waals surface area contributed by atoms with Gasteiger partial charge in [-0.15, -0.1) is 21.5 Å². The number of carbonyl (C=O) groups excluding carboxylic acids is 1. The van der Waals surface area contributed by atoms with Crippen molar-refractivity contribution in [2.24, 2.45) is 0 Å². The minimum Gasteiger partial charge on any atom is -0.365 e. The van der Waals surface area contributed by atoms with Gasteiger partial charge in [-0.2, -0.15) is 0 Å². The molecule has 2 aromatic heterocycles. The molecule has 2 N–H and O–H groups in total. The highest BCUT2D eigenvalue weighted by molar-refractivity contribution is 7.10. The average Bonchev–Trinajstić information content (AvgIpc) is 3.08. The first-order valence-electron chi connectivity index (χ1n) is 7.33. The SMILES string of the molecule is O=C(Cc1cccs1)Nc1ccc(NCc2ccc(F)cc2)nn1. The first kappa shape index (κ1) is 16.1. The lowest BCUT2D eigenvalue weighted by atomic mass is 10.2. The lowest BCUT2D eigenvalue weighted by Crippen LogP contribution is -2.15. The highest BCUT2D eigenvalue weighted by Crippen LogP contribution is 2.12. The molecule has 3 aromatic rings. The first-order valence-corrected chi connectivity index (χ1v) is 8.21. The van der Waals surface area contributed by atoms with Gasteiger partial charge in [-0.3, -0.25) is 4.79 Å². The molecule has 1 aromatic carbocycles. The molecule has 0 fully saturated rings. The summed E-state index contributed by atoms with van der Waals surface area (Å²) in [6.07, 6.45) is 0.323. The zero-order chi connectivity index (χ0) is 16.8. The summed E-state index contributed by atoms with van der Waals surface area (Å²) < 4.78 is 12.8. The van der Waals surface area contributed by atoms with E-state index in [1.807, 2.05) is 17.5 Å². The Hall–Kier alpha value is -2.80. The zero-order valence-electron chi connectivity index (χ0n) is 12.7. The van der Waals surface area contributed by atoms with Gasteiger partial charge in [0.05, 0.1) is 6.42 Å². The summed E-state index contributed by atoms with van der Waals surface area (Å²) in [6.45, 7) is 0.513. The van der Waals surface area contributed by atoms with E-state index in [1.54, 1.807) is 24.3 Å². The molecule has 2 heterocycles. The Balaban J connectivity index is 1.51. The second-order valence-corrected chi connectivity index (χ2v) is 6.12. The van der Waals surface area contributed by atoms with E-state index in [4.69, 9.17) is 0 Å². The molecule has 0 saturated carbocycles. The molecule has 0 spiro atoms. The predicted octanol–water partition coefficient (Wildman–Crippen LogP) is 3.47. The van der Waals surface area contributed by atoms with E-state index in [0.717, 1.165) is 10.4 Å². The topological polar surface area (TPSA) is 66.9 Å². The van der Waals surface area contributed by atoms with E-state index < -0.39 is 0 Å². The number of hydrogen-bond acceptors (Lipinski definition) is 5. The minimum absolute atomic E-state index is 0.126. The third-order valence-corrected chi connectivity index (χ3v) is 4.11. The van der Waals surface area contributed by atoms with E-state index in [0.29, 0.717) is 24.6 Å². The first-order chi connectivity index (χ1) is 11.7. The number of anilines is 2. The van der Waals surface area contributed by atoms with E-state index in [2.05, 4.69) is 20.8 Å². The smallest absolute Gasteiger partial charge is 0.230 e. The maximum absolute atomic E-state index is 12.8. The zero-order valence-corrected chi connectivity index (χ0v) is 13.5. The number of hydrogen-bond donors (Lipinski definition) is 2. The number of nitrogens with one attached hydrogen (secondary N) is 2. The fourth-order valence-corrected chi connectivity index (χ4v) is 2.75. The third kappa shape index (κ3) is 4.60. The Morgan fingerprint density at radius 2 is 1.79 bits per heavy atom. The summed E-state index contributed by atoms with van der Waals surface area (Å²) in [5.74, 6) is 0.597. The summed E-state index contributed by atoms with van der Waals surface area (Å²) in [7, 11) is 0. The van der Waals surface area contributed by atoms with E-state index >= 15 is 0 Å². The number of halogens is 1. The number of thiophene rings is 1. The summed E-state index contributed by atoms with van der Waals surface area (Å²) in [4.78, 5) is 12.9. The fourth-order valence-electron chi connectivity index (χ4n) is 2.05. The van der Waals surface area contributed by atoms with Gasteiger partial charge >= 0.3 is 0 Å². The molecular weight excluding hydrogens is 327 g/mol. The van der Waals surface area contributed by atoms with Crippen LogP contribution in [-0.2, 0) is 17.8 Å². The van der Waals surface area contributed by atoms with Gasteiger partial charge in [0.2, 0.25) is 5.91 Å². The van der Waals surface area contributed by atoms with Crippen molar-refractivity contribution in [2.45, 2.75) is 13.0 Å². The molecule has 7 heteroatoms. The number of amides is 1. The Labute approximate surface area is 142 Å². The number of nitrogens with zero attached hydrogens (tertiary/aromatic N) is 2. The van der Waals surface area contributed by atoms with Crippen molar-refractivity contribution < 1.29 is 9.18 Å². The largest absolute Gasteiger partial charge is 0.365 e. The van der Waals surface area contributed by atoms with Gasteiger partial charge in [-0.25, -0.2) is 4.39 Å². The van der Waals surface area contributed by atoms with Crippen LogP contribution in [0.5, 0.6) is 0 Å². The van der Waals surface area contributed by atoms with Crippen LogP contribution in [0.15, 0.2) is 53.9 Å². The predicted molar refractivity (Wildman–Crippen MR) is 92.4 cm³/mol. The van der Waals surface area contributed by atoms with Crippen LogP contribution >= 0.6 is 11.3 Å². The molecule has 0 radical (unpaired) electrons. The van der Waals surface area contributed by atoms with Crippen molar-refractivity contribution >= 4 is 28.9 Å². The van der Waals surface area contributed by atoms with Crippen molar-refractivity contribution in [1.29, 1.82) is 0 Å². The standard InChI is InChI=1S/C17H15FN4OS/c18-13-5-3-12(4-6-13)11-19-15-7-8-16(22-21-15)20-17(23)10-14-2-1-9-24-14/h1-9H,10-11H2,(H,19,21)(H,20,22,23). The van der Waals surface area contributed by atoms with E-state index in [1.165, 1.54) is 23.5 Å². The van der Waals surface area contributed by atoms with Crippen LogP contribution in [0.2, 0.25) is 0 Å². The second kappa shape index (κ2) is 7.65. The van der Waals surface area contributed by atoms with Crippen molar-refractivity contribution in [3.05, 3.63) is 70.2 Å². The van der Waals surface area contributed by atoms with Gasteiger partial charge in [0, 0.05) is 11.4 Å². The van der Waals surface area contributed by atoms with Crippen LogP contribution in [-0.4, -0.2) is 16.1 Å². The lowest BCUT2D eigenvalue weighted by Gasteiger charge is -2.06. The number of aromatic nitrogens is 2. The van der Waals surface area contributed by atoms with Gasteiger partial charge in [0.25, 0.3) is 0 Å². The molecule has 1 amide bonds. The Morgan fingerprint density at radius 3 is 2.46 bits per heavy atom. The summed E-state index contributed by atoms with van der Waals surface area (Å²) in [5, 5.41) is 15.7. The van der Waals surface area contributed by atoms with Crippen LogP contribution in [0.25, 0.3) is 0 Å². The molecule has 0 aliphatic rings. The maximum atomic E-state index is 12.8. The summed E-state index contributed by atoms with van der Waals surface area (Å²) in [5.41, 5.74) is 0.937. The van der Waals surface area contributed by atoms with Gasteiger partial charge in [-0.05, 0) is 41.3 Å². The number of rotatable bonds is 6. The third-order valence-electron chi connectivity index (χ3n) is 3.23. The van der Waals surface area contributed by atoms with Crippen LogP contribution in [0.1, 0.15) is 10.4 Å². The molecule has 5 nitrogen and oxygen atoms in total. The molecule has 24 heavy (non-hydrogen) atoms. The lowest BCUT2D eigenvalue weighted by molar-refractivity contribution is -0.115. The van der Waals surface area contributed by atoms with Gasteiger partial charge in [0.15, 0.2) is 5.82 Å². The molecular formula is C17H15FN4OS. The molecule has 3 rings (SSSR count). The van der Waals surface area contributed by atoms with Crippen molar-refractivity contribution in [3.63, 3.8) is 0 Å². The fraction of sp³-hybridized carbons (Fsp3) is 0.118. The van der Waals surface area contributed by atoms with Crippen molar-refractivity contribution in [1.82, 2.24) is 10.2 Å². The van der Waals surface area contributed by atoms with E-state index in [-0.39, 0.29) is 11.7 Å². The van der Waals surface area contributed by atoms with Crippen molar-refractivity contribution in [3.8, 4) is 0 Å². The monoisotopic (exact) mass is 342 g/mol. The van der Waals surface area contributed by atoms with E-state index in [9.17, 15) is 9.18 Å². The molecule has 0 atom stereocenters. The molecule has 0 unspecified atom stereocenters. The highest BCUT2D eigenvalue weighted by Gasteiger charge is 2.06. The maximum Gasteiger partial charge on any atom is 0.230 e. The summed E-state index contributed by atoms with van der Waals surface area (Å²) in [6, 6.07) is 13.5. The number of benzene rings is 1. The van der Waals surface area contributed by atoms with Crippen LogP contribution in [0.3, 0.4) is 0 Å². The normalized spacial score (nSPS) is 10.4. The quantitative estimate of drug-likeness (QED) is 0.720. The minimum atomic E-state index is -0.263. The average molecular weight is 342 g/mol. The second-order valence-electron chi connectivity index (χ2n) is 5.09.